The Hall–Kier alpha value is -3.42. The monoisotopic (exact) mass is 360 g/mol. The highest BCUT2D eigenvalue weighted by Crippen LogP contribution is 2.22. The van der Waals surface area contributed by atoms with E-state index in [1.165, 1.54) is 19.2 Å². The van der Waals surface area contributed by atoms with Crippen LogP contribution in [0.2, 0.25) is 0 Å². The molecule has 0 saturated heterocycles. The standard InChI is InChI=1S/C18H17FN2O5/c1-25-15-5-3-2-4-14(15)21-16(22)11-26-17(23)10-20-18(24)12-6-8-13(19)9-7-12/h2-9H,10-11H2,1H3,(H,20,24)(H,21,22). The number of nitrogens with one attached hydrogen (secondary N) is 2. The van der Waals surface area contributed by atoms with Crippen molar-refractivity contribution in [1.82, 2.24) is 5.32 Å². The van der Waals surface area contributed by atoms with Crippen LogP contribution in [0.3, 0.4) is 0 Å². The Balaban J connectivity index is 1.75. The Morgan fingerprint density at radius 1 is 1.04 bits per heavy atom. The fourth-order valence-corrected chi connectivity index (χ4v) is 1.99. The number of rotatable bonds is 7. The van der Waals surface area contributed by atoms with Crippen LogP contribution in [0.5, 0.6) is 5.75 Å². The van der Waals surface area contributed by atoms with Crippen LogP contribution in [0.4, 0.5) is 10.1 Å². The zero-order valence-electron chi connectivity index (χ0n) is 14.0. The average Bonchev–Trinajstić information content (AvgIpc) is 2.65. The summed E-state index contributed by atoms with van der Waals surface area (Å²) in [5.41, 5.74) is 0.647. The second-order valence-electron chi connectivity index (χ2n) is 5.10. The Bertz CT molecular complexity index is 792. The third-order valence-corrected chi connectivity index (χ3v) is 3.25. The van der Waals surface area contributed by atoms with Gasteiger partial charge in [0.25, 0.3) is 11.8 Å². The van der Waals surface area contributed by atoms with Crippen LogP contribution in [-0.4, -0.2) is 38.0 Å². The summed E-state index contributed by atoms with van der Waals surface area (Å²) in [4.78, 5) is 35.2. The van der Waals surface area contributed by atoms with Gasteiger partial charge in [-0.3, -0.25) is 14.4 Å². The second-order valence-corrected chi connectivity index (χ2v) is 5.10. The summed E-state index contributed by atoms with van der Waals surface area (Å²) in [6, 6.07) is 11.6. The van der Waals surface area contributed by atoms with Crippen molar-refractivity contribution in [2.45, 2.75) is 0 Å². The van der Waals surface area contributed by atoms with E-state index in [0.717, 1.165) is 12.1 Å². The lowest BCUT2D eigenvalue weighted by molar-refractivity contribution is -0.146. The number of hydrogen-bond donors (Lipinski definition) is 2. The highest BCUT2D eigenvalue weighted by Gasteiger charge is 2.12. The molecule has 8 heteroatoms. The molecule has 2 amide bonds. The summed E-state index contributed by atoms with van der Waals surface area (Å²) in [5, 5.41) is 4.87. The predicted octanol–water partition coefficient (Wildman–Crippen LogP) is 1.75. The van der Waals surface area contributed by atoms with Gasteiger partial charge < -0.3 is 20.1 Å². The van der Waals surface area contributed by atoms with E-state index in [1.54, 1.807) is 24.3 Å². The molecule has 2 aromatic carbocycles. The number of para-hydroxylation sites is 2. The highest BCUT2D eigenvalue weighted by atomic mass is 19.1. The van der Waals surface area contributed by atoms with Crippen LogP contribution in [0, 0.1) is 5.82 Å². The Kier molecular flexibility index (Phi) is 6.67. The summed E-state index contributed by atoms with van der Waals surface area (Å²) in [6.07, 6.45) is 0. The quantitative estimate of drug-likeness (QED) is 0.734. The highest BCUT2D eigenvalue weighted by molar-refractivity contribution is 5.96. The summed E-state index contributed by atoms with van der Waals surface area (Å²) in [6.45, 7) is -0.929. The number of esters is 1. The number of hydrogen-bond acceptors (Lipinski definition) is 5. The minimum absolute atomic E-state index is 0.202. The molecule has 0 aliphatic heterocycles. The van der Waals surface area contributed by atoms with E-state index in [4.69, 9.17) is 9.47 Å². The molecule has 0 aromatic heterocycles. The number of methoxy groups -OCH3 is 1. The summed E-state index contributed by atoms with van der Waals surface area (Å²) in [7, 11) is 1.47. The van der Waals surface area contributed by atoms with Crippen molar-refractivity contribution >= 4 is 23.5 Å². The van der Waals surface area contributed by atoms with Crippen molar-refractivity contribution in [1.29, 1.82) is 0 Å². The first-order chi connectivity index (χ1) is 12.5. The molecule has 0 fully saturated rings. The van der Waals surface area contributed by atoms with E-state index in [1.807, 2.05) is 0 Å². The Labute approximate surface area is 149 Å². The maximum atomic E-state index is 12.8. The number of carbonyl (C=O) groups excluding carboxylic acids is 3. The zero-order chi connectivity index (χ0) is 18.9. The molecule has 0 radical (unpaired) electrons. The normalized spacial score (nSPS) is 9.92. The third kappa shape index (κ3) is 5.59. The van der Waals surface area contributed by atoms with Gasteiger partial charge in [0.05, 0.1) is 12.8 Å². The molecular formula is C18H17FN2O5. The molecule has 0 bridgehead atoms. The van der Waals surface area contributed by atoms with E-state index in [0.29, 0.717) is 11.4 Å². The van der Waals surface area contributed by atoms with Gasteiger partial charge in [-0.25, -0.2) is 4.39 Å². The van der Waals surface area contributed by atoms with Gasteiger partial charge in [0.1, 0.15) is 18.1 Å². The van der Waals surface area contributed by atoms with Gasteiger partial charge >= 0.3 is 5.97 Å². The lowest BCUT2D eigenvalue weighted by Gasteiger charge is -2.10. The molecule has 0 saturated carbocycles. The first kappa shape index (κ1) is 18.9. The maximum Gasteiger partial charge on any atom is 0.325 e. The van der Waals surface area contributed by atoms with Crippen LogP contribution < -0.4 is 15.4 Å². The van der Waals surface area contributed by atoms with Crippen molar-refractivity contribution in [2.24, 2.45) is 0 Å². The molecule has 0 spiro atoms. The van der Waals surface area contributed by atoms with E-state index in [-0.39, 0.29) is 5.56 Å². The summed E-state index contributed by atoms with van der Waals surface area (Å²) in [5.74, 6) is -1.88. The van der Waals surface area contributed by atoms with Gasteiger partial charge in [-0.2, -0.15) is 0 Å². The number of ether oxygens (including phenoxy) is 2. The summed E-state index contributed by atoms with van der Waals surface area (Å²) >= 11 is 0. The largest absolute Gasteiger partial charge is 0.495 e. The minimum atomic E-state index is -0.782. The van der Waals surface area contributed by atoms with Gasteiger partial charge in [-0.1, -0.05) is 12.1 Å². The van der Waals surface area contributed by atoms with E-state index >= 15 is 0 Å². The Morgan fingerprint density at radius 2 is 1.73 bits per heavy atom. The number of anilines is 1. The molecule has 26 heavy (non-hydrogen) atoms. The molecule has 7 nitrogen and oxygen atoms in total. The van der Waals surface area contributed by atoms with Gasteiger partial charge in [0.2, 0.25) is 0 Å². The molecule has 0 aliphatic rings. The van der Waals surface area contributed by atoms with Crippen molar-refractivity contribution in [3.63, 3.8) is 0 Å². The topological polar surface area (TPSA) is 93.7 Å². The van der Waals surface area contributed by atoms with Crippen molar-refractivity contribution in [3.05, 3.63) is 59.9 Å². The molecule has 0 atom stereocenters. The lowest BCUT2D eigenvalue weighted by Crippen LogP contribution is -2.32. The number of halogens is 1. The average molecular weight is 360 g/mol. The molecule has 0 heterocycles. The van der Waals surface area contributed by atoms with E-state index < -0.39 is 36.8 Å². The van der Waals surface area contributed by atoms with Crippen molar-refractivity contribution < 1.29 is 28.2 Å². The molecule has 2 N–H and O–H groups in total. The van der Waals surface area contributed by atoms with Crippen LogP contribution >= 0.6 is 0 Å². The van der Waals surface area contributed by atoms with Gasteiger partial charge in [0.15, 0.2) is 6.61 Å². The number of carbonyl (C=O) groups is 3. The van der Waals surface area contributed by atoms with Gasteiger partial charge in [-0.15, -0.1) is 0 Å². The van der Waals surface area contributed by atoms with E-state index in [2.05, 4.69) is 10.6 Å². The minimum Gasteiger partial charge on any atom is -0.495 e. The van der Waals surface area contributed by atoms with Crippen molar-refractivity contribution in [2.75, 3.05) is 25.6 Å². The van der Waals surface area contributed by atoms with Crippen molar-refractivity contribution in [3.8, 4) is 5.75 Å². The zero-order valence-corrected chi connectivity index (χ0v) is 14.0. The molecule has 0 aliphatic carbocycles. The molecule has 0 unspecified atom stereocenters. The van der Waals surface area contributed by atoms with Gasteiger partial charge in [0, 0.05) is 5.56 Å². The molecule has 2 rings (SSSR count). The smallest absolute Gasteiger partial charge is 0.325 e. The first-order valence-electron chi connectivity index (χ1n) is 7.62. The Morgan fingerprint density at radius 3 is 2.42 bits per heavy atom. The van der Waals surface area contributed by atoms with Crippen LogP contribution in [0.1, 0.15) is 10.4 Å². The lowest BCUT2D eigenvalue weighted by atomic mass is 10.2. The second kappa shape index (κ2) is 9.16. The first-order valence-corrected chi connectivity index (χ1v) is 7.62. The summed E-state index contributed by atoms with van der Waals surface area (Å²) < 4.78 is 22.7. The number of amides is 2. The van der Waals surface area contributed by atoms with E-state index in [9.17, 15) is 18.8 Å². The third-order valence-electron chi connectivity index (χ3n) is 3.25. The van der Waals surface area contributed by atoms with Crippen LogP contribution in [0.25, 0.3) is 0 Å². The molecule has 2 aromatic rings. The van der Waals surface area contributed by atoms with Gasteiger partial charge in [-0.05, 0) is 36.4 Å². The number of benzene rings is 2. The SMILES string of the molecule is COc1ccccc1NC(=O)COC(=O)CNC(=O)c1ccc(F)cc1. The molecular weight excluding hydrogens is 343 g/mol. The predicted molar refractivity (Wildman–Crippen MR) is 91.3 cm³/mol. The fraction of sp³-hybridized carbons (Fsp3) is 0.167. The molecule has 136 valence electrons. The maximum absolute atomic E-state index is 12.8. The fourth-order valence-electron chi connectivity index (χ4n) is 1.99. The van der Waals surface area contributed by atoms with Crippen LogP contribution in [-0.2, 0) is 14.3 Å². The van der Waals surface area contributed by atoms with Crippen LogP contribution in [0.15, 0.2) is 48.5 Å².